The monoisotopic (exact) mass is 295 g/mol. The summed E-state index contributed by atoms with van der Waals surface area (Å²) in [6.45, 7) is 2.00. The summed E-state index contributed by atoms with van der Waals surface area (Å²) in [5.41, 5.74) is 2.03. The molecule has 22 heavy (non-hydrogen) atoms. The van der Waals surface area contributed by atoms with Crippen LogP contribution in [0.25, 0.3) is 17.1 Å². The number of aliphatic hydroxyl groups excluding tert-OH is 1. The number of rotatable bonds is 4. The van der Waals surface area contributed by atoms with Crippen LogP contribution in [0.5, 0.6) is 0 Å². The van der Waals surface area contributed by atoms with Crippen LogP contribution in [0, 0.1) is 6.92 Å². The van der Waals surface area contributed by atoms with Crippen molar-refractivity contribution < 1.29 is 14.3 Å². The lowest BCUT2D eigenvalue weighted by molar-refractivity contribution is 0.102. The minimum absolute atomic E-state index is 0.0543. The topological polar surface area (TPSA) is 92.0 Å². The van der Waals surface area contributed by atoms with Gasteiger partial charge in [-0.15, -0.1) is 0 Å². The second-order valence-corrected chi connectivity index (χ2v) is 4.75. The number of allylic oxidation sites excluding steroid dienone is 1. The average Bonchev–Trinajstić information content (AvgIpc) is 3.20. The van der Waals surface area contributed by atoms with E-state index in [4.69, 9.17) is 4.42 Å². The number of furan rings is 1. The highest BCUT2D eigenvalue weighted by molar-refractivity contribution is 6.05. The molecule has 2 N–H and O–H groups in total. The molecule has 0 spiro atoms. The van der Waals surface area contributed by atoms with Crippen molar-refractivity contribution >= 4 is 11.5 Å². The van der Waals surface area contributed by atoms with Crippen molar-refractivity contribution in [3.05, 3.63) is 65.9 Å². The molecule has 0 aliphatic rings. The summed E-state index contributed by atoms with van der Waals surface area (Å²) < 4.78 is 5.54. The molecule has 110 valence electrons. The Morgan fingerprint density at radius 2 is 2.00 bits per heavy atom. The quantitative estimate of drug-likeness (QED) is 0.438. The fourth-order valence-electron chi connectivity index (χ4n) is 1.94. The fraction of sp³-hybridized carbons (Fsp3) is 0.0625. The predicted molar refractivity (Wildman–Crippen MR) is 80.2 cm³/mol. The molecule has 0 aliphatic carbocycles. The van der Waals surface area contributed by atoms with Crippen molar-refractivity contribution in [1.29, 1.82) is 0 Å². The number of aliphatic hydroxyl groups is 1. The van der Waals surface area contributed by atoms with E-state index in [0.717, 1.165) is 17.2 Å². The first kappa shape index (κ1) is 13.8. The van der Waals surface area contributed by atoms with Crippen LogP contribution in [0.1, 0.15) is 21.9 Å². The summed E-state index contributed by atoms with van der Waals surface area (Å²) in [6.07, 6.45) is 2.34. The van der Waals surface area contributed by atoms with Crippen molar-refractivity contribution in [3.8, 4) is 11.3 Å². The van der Waals surface area contributed by atoms with E-state index < -0.39 is 5.78 Å². The van der Waals surface area contributed by atoms with Crippen LogP contribution in [0.15, 0.2) is 53.2 Å². The minimum atomic E-state index is -0.458. The van der Waals surface area contributed by atoms with E-state index >= 15 is 0 Å². The number of carbonyl (C=O) groups excluding carboxylic acids is 1. The van der Waals surface area contributed by atoms with Crippen molar-refractivity contribution in [2.24, 2.45) is 0 Å². The van der Waals surface area contributed by atoms with E-state index in [0.29, 0.717) is 5.76 Å². The number of aromatic amines is 1. The normalized spacial score (nSPS) is 11.6. The number of carbonyl (C=O) groups is 1. The van der Waals surface area contributed by atoms with Gasteiger partial charge in [-0.2, -0.15) is 5.10 Å². The smallest absolute Gasteiger partial charge is 0.224 e. The van der Waals surface area contributed by atoms with Crippen molar-refractivity contribution in [2.45, 2.75) is 6.92 Å². The highest BCUT2D eigenvalue weighted by Crippen LogP contribution is 2.23. The Morgan fingerprint density at radius 3 is 2.68 bits per heavy atom. The molecule has 2 aromatic heterocycles. The van der Waals surface area contributed by atoms with Crippen molar-refractivity contribution in [2.75, 3.05) is 0 Å². The van der Waals surface area contributed by atoms with Crippen LogP contribution in [0.2, 0.25) is 0 Å². The lowest BCUT2D eigenvalue weighted by atomic mass is 10.1. The third-order valence-electron chi connectivity index (χ3n) is 3.10. The summed E-state index contributed by atoms with van der Waals surface area (Å²) in [7, 11) is 0. The van der Waals surface area contributed by atoms with E-state index in [9.17, 15) is 9.90 Å². The maximum Gasteiger partial charge on any atom is 0.224 e. The molecule has 6 nitrogen and oxygen atoms in total. The Bertz CT molecular complexity index is 815. The predicted octanol–water partition coefficient (Wildman–Crippen LogP) is 3.15. The van der Waals surface area contributed by atoms with Gasteiger partial charge in [0.05, 0.1) is 0 Å². The Hall–Kier alpha value is -3.15. The van der Waals surface area contributed by atoms with Gasteiger partial charge in [0.2, 0.25) is 11.6 Å². The van der Waals surface area contributed by atoms with E-state index in [1.54, 1.807) is 12.1 Å². The Morgan fingerprint density at radius 1 is 1.23 bits per heavy atom. The van der Waals surface area contributed by atoms with E-state index in [-0.39, 0.29) is 17.3 Å². The highest BCUT2D eigenvalue weighted by atomic mass is 16.3. The van der Waals surface area contributed by atoms with Gasteiger partial charge in [-0.05, 0) is 19.1 Å². The third-order valence-corrected chi connectivity index (χ3v) is 3.10. The number of aryl methyl sites for hydroxylation is 1. The van der Waals surface area contributed by atoms with Crippen LogP contribution in [-0.4, -0.2) is 26.1 Å². The standard InChI is InChI=1S/C16H13N3O3/c1-10-2-4-11(5-3-10)14-6-7-15(22-14)12(20)8-13(21)16-17-9-18-19-16/h2-9,21H,1H3,(H,17,18,19). The zero-order chi connectivity index (χ0) is 15.5. The molecule has 0 atom stereocenters. The summed E-state index contributed by atoms with van der Waals surface area (Å²) in [5, 5.41) is 15.9. The SMILES string of the molecule is Cc1ccc(-c2ccc(C(=O)C=C(O)c3nc[nH]n3)o2)cc1. The van der Waals surface area contributed by atoms with E-state index in [1.165, 1.54) is 6.33 Å². The first-order chi connectivity index (χ1) is 10.6. The zero-order valence-electron chi connectivity index (χ0n) is 11.8. The molecule has 0 saturated heterocycles. The summed E-state index contributed by atoms with van der Waals surface area (Å²) in [5.74, 6) is 0.00524. The van der Waals surface area contributed by atoms with Crippen molar-refractivity contribution in [1.82, 2.24) is 15.2 Å². The molecule has 6 heteroatoms. The van der Waals surface area contributed by atoms with Gasteiger partial charge in [0.15, 0.2) is 11.5 Å². The molecule has 0 aliphatic heterocycles. The number of aromatic nitrogens is 3. The molecule has 3 rings (SSSR count). The van der Waals surface area contributed by atoms with Gasteiger partial charge in [-0.3, -0.25) is 9.89 Å². The number of nitrogens with one attached hydrogen (secondary N) is 1. The molecule has 1 aromatic carbocycles. The van der Waals surface area contributed by atoms with Crippen LogP contribution >= 0.6 is 0 Å². The number of hydrogen-bond acceptors (Lipinski definition) is 5. The molecule has 2 heterocycles. The van der Waals surface area contributed by atoms with Gasteiger partial charge in [0, 0.05) is 11.6 Å². The number of hydrogen-bond donors (Lipinski definition) is 2. The zero-order valence-corrected chi connectivity index (χ0v) is 11.8. The Kier molecular flexibility index (Phi) is 3.57. The Labute approximate surface area is 126 Å². The van der Waals surface area contributed by atoms with E-state index in [2.05, 4.69) is 15.2 Å². The van der Waals surface area contributed by atoms with Crippen LogP contribution < -0.4 is 0 Å². The molecular formula is C16H13N3O3. The van der Waals surface area contributed by atoms with Crippen LogP contribution in [0.4, 0.5) is 0 Å². The number of ketones is 1. The number of H-pyrrole nitrogens is 1. The van der Waals surface area contributed by atoms with Gasteiger partial charge in [-0.25, -0.2) is 4.98 Å². The maximum atomic E-state index is 12.1. The average molecular weight is 295 g/mol. The van der Waals surface area contributed by atoms with Crippen LogP contribution in [0.3, 0.4) is 0 Å². The summed E-state index contributed by atoms with van der Waals surface area (Å²) in [4.78, 5) is 15.8. The molecule has 0 bridgehead atoms. The van der Waals surface area contributed by atoms with Gasteiger partial charge in [-0.1, -0.05) is 29.8 Å². The molecule has 0 amide bonds. The summed E-state index contributed by atoms with van der Waals surface area (Å²) >= 11 is 0. The highest BCUT2D eigenvalue weighted by Gasteiger charge is 2.13. The van der Waals surface area contributed by atoms with Gasteiger partial charge < -0.3 is 9.52 Å². The second-order valence-electron chi connectivity index (χ2n) is 4.75. The largest absolute Gasteiger partial charge is 0.504 e. The third kappa shape index (κ3) is 2.80. The Balaban J connectivity index is 1.83. The number of nitrogens with zero attached hydrogens (tertiary/aromatic N) is 2. The van der Waals surface area contributed by atoms with Gasteiger partial charge >= 0.3 is 0 Å². The first-order valence-electron chi connectivity index (χ1n) is 6.61. The molecule has 3 aromatic rings. The van der Waals surface area contributed by atoms with Crippen molar-refractivity contribution in [3.63, 3.8) is 0 Å². The lowest BCUT2D eigenvalue weighted by Crippen LogP contribution is -1.95. The lowest BCUT2D eigenvalue weighted by Gasteiger charge is -1.97. The van der Waals surface area contributed by atoms with Gasteiger partial charge in [0.1, 0.15) is 12.1 Å². The summed E-state index contributed by atoms with van der Waals surface area (Å²) in [6, 6.07) is 11.1. The second kappa shape index (κ2) is 5.69. The molecular weight excluding hydrogens is 282 g/mol. The molecule has 0 radical (unpaired) electrons. The van der Waals surface area contributed by atoms with Gasteiger partial charge in [0.25, 0.3) is 0 Å². The molecule has 0 saturated carbocycles. The first-order valence-corrected chi connectivity index (χ1v) is 6.61. The number of benzene rings is 1. The fourth-order valence-corrected chi connectivity index (χ4v) is 1.94. The maximum absolute atomic E-state index is 12.1. The molecule has 0 unspecified atom stereocenters. The van der Waals surface area contributed by atoms with Crippen LogP contribution in [-0.2, 0) is 0 Å². The van der Waals surface area contributed by atoms with E-state index in [1.807, 2.05) is 31.2 Å². The molecule has 0 fully saturated rings. The minimum Gasteiger partial charge on any atom is -0.504 e.